The maximum atomic E-state index is 11.5. The number of rotatable bonds is 4. The second kappa shape index (κ2) is 5.85. The zero-order chi connectivity index (χ0) is 16.4. The van der Waals surface area contributed by atoms with Gasteiger partial charge in [0.05, 0.1) is 5.69 Å². The molecule has 0 aliphatic heterocycles. The summed E-state index contributed by atoms with van der Waals surface area (Å²) in [6.45, 7) is 11.3. The van der Waals surface area contributed by atoms with Gasteiger partial charge in [-0.1, -0.05) is 19.2 Å². The van der Waals surface area contributed by atoms with Gasteiger partial charge in [0.2, 0.25) is 0 Å². The molecule has 22 heavy (non-hydrogen) atoms. The van der Waals surface area contributed by atoms with Gasteiger partial charge in [0, 0.05) is 5.56 Å². The molecule has 0 spiro atoms. The number of benzene rings is 1. The first-order valence-electron chi connectivity index (χ1n) is 6.79. The third kappa shape index (κ3) is 2.63. The third-order valence-electron chi connectivity index (χ3n) is 3.52. The van der Waals surface area contributed by atoms with E-state index in [0.717, 1.165) is 27.8 Å². The summed E-state index contributed by atoms with van der Waals surface area (Å²) in [5.41, 5.74) is 10.4. The Morgan fingerprint density at radius 3 is 2.23 bits per heavy atom. The van der Waals surface area contributed by atoms with Gasteiger partial charge in [-0.15, -0.1) is 0 Å². The maximum Gasteiger partial charge on any atom is 0.267 e. The number of hydrogen-bond donors (Lipinski definition) is 2. The molecule has 0 atom stereocenters. The van der Waals surface area contributed by atoms with Crippen molar-refractivity contribution < 1.29 is 9.90 Å². The molecular weight excluding hydrogens is 276 g/mol. The predicted octanol–water partition coefficient (Wildman–Crippen LogP) is 3.46. The van der Waals surface area contributed by atoms with Crippen LogP contribution in [-0.4, -0.2) is 16.0 Å². The molecule has 0 fully saturated rings. The van der Waals surface area contributed by atoms with E-state index in [2.05, 4.69) is 18.1 Å². The Morgan fingerprint density at radius 2 is 1.77 bits per heavy atom. The Labute approximate surface area is 129 Å². The van der Waals surface area contributed by atoms with Crippen molar-refractivity contribution in [2.45, 2.75) is 13.8 Å². The molecule has 0 radical (unpaired) electrons. The molecular formula is C18H18N2O2. The zero-order valence-electron chi connectivity index (χ0n) is 12.7. The van der Waals surface area contributed by atoms with Gasteiger partial charge < -0.3 is 10.8 Å². The van der Waals surface area contributed by atoms with Crippen LogP contribution in [-0.2, 0) is 0 Å². The van der Waals surface area contributed by atoms with Crippen LogP contribution in [0.1, 0.15) is 32.9 Å². The Kier molecular flexibility index (Phi) is 4.13. The first-order valence-corrected chi connectivity index (χ1v) is 6.79. The van der Waals surface area contributed by atoms with Crippen LogP contribution in [0.2, 0.25) is 0 Å². The van der Waals surface area contributed by atoms with Crippen molar-refractivity contribution >= 4 is 18.1 Å². The van der Waals surface area contributed by atoms with Gasteiger partial charge in [0.25, 0.3) is 5.91 Å². The van der Waals surface area contributed by atoms with E-state index in [9.17, 15) is 9.90 Å². The Balaban J connectivity index is 2.90. The molecule has 0 unspecified atom stereocenters. The summed E-state index contributed by atoms with van der Waals surface area (Å²) >= 11 is 0. The van der Waals surface area contributed by atoms with E-state index < -0.39 is 5.91 Å². The number of aromatic hydroxyl groups is 1. The Bertz CT molecular complexity index is 769. The highest BCUT2D eigenvalue weighted by molar-refractivity contribution is 5.94. The van der Waals surface area contributed by atoms with Gasteiger partial charge in [0.15, 0.2) is 0 Å². The molecule has 0 aliphatic carbocycles. The summed E-state index contributed by atoms with van der Waals surface area (Å²) in [7, 11) is 0. The minimum atomic E-state index is -0.603. The van der Waals surface area contributed by atoms with Crippen LogP contribution < -0.4 is 5.73 Å². The normalized spacial score (nSPS) is 10.3. The van der Waals surface area contributed by atoms with Crippen LogP contribution in [0.5, 0.6) is 5.75 Å². The highest BCUT2D eigenvalue weighted by Gasteiger charge is 2.16. The minimum absolute atomic E-state index is 0.169. The van der Waals surface area contributed by atoms with Crippen LogP contribution in [0.25, 0.3) is 23.3 Å². The van der Waals surface area contributed by atoms with Crippen molar-refractivity contribution in [3.8, 4) is 16.9 Å². The largest absolute Gasteiger partial charge is 0.508 e. The highest BCUT2D eigenvalue weighted by Crippen LogP contribution is 2.35. The van der Waals surface area contributed by atoms with Crippen molar-refractivity contribution in [3.63, 3.8) is 0 Å². The highest BCUT2D eigenvalue weighted by atomic mass is 16.3. The summed E-state index contributed by atoms with van der Waals surface area (Å²) in [5.74, 6) is -0.402. The molecule has 3 N–H and O–H groups in total. The lowest BCUT2D eigenvalue weighted by Crippen LogP contribution is -2.14. The molecule has 2 aromatic rings. The summed E-state index contributed by atoms with van der Waals surface area (Å²) < 4.78 is 0. The van der Waals surface area contributed by atoms with Crippen LogP contribution in [0.3, 0.4) is 0 Å². The lowest BCUT2D eigenvalue weighted by Gasteiger charge is -2.16. The molecule has 1 heterocycles. The standard InChI is InChI=1S/C18H18N2O2/c1-5-13-14(9-16(18(19)22)20-15(13)6-2)17-10(3)7-12(21)8-11(17)4/h5-9,21H,1-2H2,3-4H3,(H2,19,22). The van der Waals surface area contributed by atoms with Crippen LogP contribution >= 0.6 is 0 Å². The zero-order valence-corrected chi connectivity index (χ0v) is 12.7. The number of amides is 1. The molecule has 1 aromatic carbocycles. The number of primary amides is 1. The van der Waals surface area contributed by atoms with Gasteiger partial charge in [-0.05, 0) is 60.4 Å². The number of nitrogens with two attached hydrogens (primary N) is 1. The van der Waals surface area contributed by atoms with Crippen LogP contribution in [0.4, 0.5) is 0 Å². The van der Waals surface area contributed by atoms with Gasteiger partial charge in [0.1, 0.15) is 11.4 Å². The van der Waals surface area contributed by atoms with Crippen molar-refractivity contribution in [1.82, 2.24) is 4.98 Å². The van der Waals surface area contributed by atoms with Crippen molar-refractivity contribution in [1.29, 1.82) is 0 Å². The molecule has 1 aromatic heterocycles. The second-order valence-corrected chi connectivity index (χ2v) is 5.08. The number of hydrogen-bond acceptors (Lipinski definition) is 3. The first-order chi connectivity index (χ1) is 10.4. The van der Waals surface area contributed by atoms with E-state index in [1.165, 1.54) is 0 Å². The minimum Gasteiger partial charge on any atom is -0.508 e. The van der Waals surface area contributed by atoms with Crippen molar-refractivity contribution in [3.05, 3.63) is 59.4 Å². The van der Waals surface area contributed by atoms with Crippen LogP contribution in [0.15, 0.2) is 31.4 Å². The summed E-state index contributed by atoms with van der Waals surface area (Å²) in [6, 6.07) is 5.00. The van der Waals surface area contributed by atoms with Crippen LogP contribution in [0, 0.1) is 13.8 Å². The smallest absolute Gasteiger partial charge is 0.267 e. The van der Waals surface area contributed by atoms with E-state index in [1.54, 1.807) is 30.4 Å². The van der Waals surface area contributed by atoms with Gasteiger partial charge in [-0.2, -0.15) is 0 Å². The number of carbonyl (C=O) groups excluding carboxylic acids is 1. The fourth-order valence-electron chi connectivity index (χ4n) is 2.64. The monoisotopic (exact) mass is 294 g/mol. The molecule has 0 saturated carbocycles. The molecule has 4 heteroatoms. The van der Waals surface area contributed by atoms with Crippen molar-refractivity contribution in [2.24, 2.45) is 5.73 Å². The third-order valence-corrected chi connectivity index (χ3v) is 3.52. The predicted molar refractivity (Wildman–Crippen MR) is 89.5 cm³/mol. The average molecular weight is 294 g/mol. The molecule has 0 saturated heterocycles. The maximum absolute atomic E-state index is 11.5. The molecule has 112 valence electrons. The van der Waals surface area contributed by atoms with Gasteiger partial charge in [-0.25, -0.2) is 4.98 Å². The number of carbonyl (C=O) groups is 1. The molecule has 0 bridgehead atoms. The fourth-order valence-corrected chi connectivity index (χ4v) is 2.64. The number of aryl methyl sites for hydroxylation is 2. The SMILES string of the molecule is C=Cc1nc(C(N)=O)cc(-c2c(C)cc(O)cc2C)c1C=C. The van der Waals surface area contributed by atoms with E-state index in [1.807, 2.05) is 13.8 Å². The van der Waals surface area contributed by atoms with Gasteiger partial charge >= 0.3 is 0 Å². The molecule has 1 amide bonds. The Morgan fingerprint density at radius 1 is 1.18 bits per heavy atom. The molecule has 4 nitrogen and oxygen atoms in total. The van der Waals surface area contributed by atoms with E-state index in [4.69, 9.17) is 5.73 Å². The number of phenols is 1. The van der Waals surface area contributed by atoms with Crippen molar-refractivity contribution in [2.75, 3.05) is 0 Å². The number of nitrogens with zero attached hydrogens (tertiary/aromatic N) is 1. The van der Waals surface area contributed by atoms with E-state index >= 15 is 0 Å². The summed E-state index contributed by atoms with van der Waals surface area (Å²) in [4.78, 5) is 15.7. The molecule has 0 aliphatic rings. The summed E-state index contributed by atoms with van der Waals surface area (Å²) in [5, 5.41) is 9.71. The van der Waals surface area contributed by atoms with Gasteiger partial charge in [-0.3, -0.25) is 4.79 Å². The number of aromatic nitrogens is 1. The average Bonchev–Trinajstić information content (AvgIpc) is 2.45. The number of phenolic OH excluding ortho intramolecular Hbond substituents is 1. The lowest BCUT2D eigenvalue weighted by atomic mass is 9.91. The fraction of sp³-hybridized carbons (Fsp3) is 0.111. The second-order valence-electron chi connectivity index (χ2n) is 5.08. The van der Waals surface area contributed by atoms with E-state index in [0.29, 0.717) is 5.69 Å². The number of pyridine rings is 1. The lowest BCUT2D eigenvalue weighted by molar-refractivity contribution is 0.0995. The Hall–Kier alpha value is -2.88. The summed E-state index contributed by atoms with van der Waals surface area (Å²) in [6.07, 6.45) is 3.24. The first kappa shape index (κ1) is 15.5. The van der Waals surface area contributed by atoms with E-state index in [-0.39, 0.29) is 11.4 Å². The quantitative estimate of drug-likeness (QED) is 0.906. The molecule has 2 rings (SSSR count). The topological polar surface area (TPSA) is 76.2 Å².